The van der Waals surface area contributed by atoms with Crippen LogP contribution in [0.4, 0.5) is 5.82 Å². The molecule has 4 rings (SSSR count). The van der Waals surface area contributed by atoms with Crippen LogP contribution in [0.2, 0.25) is 0 Å². The Morgan fingerprint density at radius 2 is 2.33 bits per heavy atom. The van der Waals surface area contributed by atoms with Gasteiger partial charge in [-0.15, -0.1) is 10.2 Å². The second-order valence-corrected chi connectivity index (χ2v) is 6.44. The van der Waals surface area contributed by atoms with Crippen LogP contribution in [0.3, 0.4) is 0 Å². The van der Waals surface area contributed by atoms with E-state index in [1.54, 1.807) is 18.8 Å². The van der Waals surface area contributed by atoms with Gasteiger partial charge in [0.05, 0.1) is 13.3 Å². The maximum Gasteiger partial charge on any atom is 0.243 e. The molecule has 0 unspecified atom stereocenters. The Bertz CT molecular complexity index is 642. The van der Waals surface area contributed by atoms with Gasteiger partial charge < -0.3 is 15.0 Å². The van der Waals surface area contributed by atoms with Gasteiger partial charge in [-0.05, 0) is 6.42 Å². The third kappa shape index (κ3) is 2.14. The molecule has 0 saturated carbocycles. The summed E-state index contributed by atoms with van der Waals surface area (Å²) < 4.78 is 5.30. The molecule has 2 saturated heterocycles. The molecule has 110 valence electrons. The molecule has 1 spiro atoms. The van der Waals surface area contributed by atoms with Crippen molar-refractivity contribution in [1.82, 2.24) is 25.5 Å². The van der Waals surface area contributed by atoms with Crippen LogP contribution in [0.1, 0.15) is 6.42 Å². The van der Waals surface area contributed by atoms with Crippen LogP contribution < -0.4 is 15.0 Å². The van der Waals surface area contributed by atoms with Crippen molar-refractivity contribution in [2.75, 3.05) is 38.2 Å². The molecule has 0 radical (unpaired) electrons. The van der Waals surface area contributed by atoms with Crippen molar-refractivity contribution in [3.8, 4) is 16.6 Å². The predicted molar refractivity (Wildman–Crippen MR) is 79.6 cm³/mol. The summed E-state index contributed by atoms with van der Waals surface area (Å²) in [6.45, 7) is 4.28. The van der Waals surface area contributed by atoms with Crippen LogP contribution in [0.25, 0.3) is 10.7 Å². The molecule has 2 fully saturated rings. The van der Waals surface area contributed by atoms with Crippen molar-refractivity contribution >= 4 is 17.2 Å². The smallest absolute Gasteiger partial charge is 0.243 e. The van der Waals surface area contributed by atoms with Crippen molar-refractivity contribution in [1.29, 1.82) is 0 Å². The zero-order chi connectivity index (χ0) is 14.3. The summed E-state index contributed by atoms with van der Waals surface area (Å²) in [7, 11) is 1.60. The number of hydrogen-bond acceptors (Lipinski definition) is 8. The summed E-state index contributed by atoms with van der Waals surface area (Å²) in [5, 5.41) is 12.1. The Hall–Kier alpha value is -1.80. The molecule has 0 aliphatic carbocycles. The van der Waals surface area contributed by atoms with Gasteiger partial charge in [0.2, 0.25) is 5.88 Å². The molecule has 2 aliphatic rings. The normalized spacial score (nSPS) is 19.8. The van der Waals surface area contributed by atoms with Gasteiger partial charge in [-0.3, -0.25) is 0 Å². The van der Waals surface area contributed by atoms with E-state index in [4.69, 9.17) is 9.72 Å². The van der Waals surface area contributed by atoms with Gasteiger partial charge in [-0.1, -0.05) is 11.3 Å². The summed E-state index contributed by atoms with van der Waals surface area (Å²) in [5.41, 5.74) is 2.79. The number of nitrogens with zero attached hydrogens (tertiary/aromatic N) is 5. The molecular formula is C13H16N6OS. The van der Waals surface area contributed by atoms with E-state index in [1.807, 2.05) is 0 Å². The fraction of sp³-hybridized carbons (Fsp3) is 0.538. The zero-order valence-electron chi connectivity index (χ0n) is 11.7. The second-order valence-electron chi connectivity index (χ2n) is 5.61. The highest BCUT2D eigenvalue weighted by Gasteiger charge is 2.43. The minimum atomic E-state index is 0.435. The first kappa shape index (κ1) is 12.9. The molecule has 2 aliphatic heterocycles. The van der Waals surface area contributed by atoms with Gasteiger partial charge >= 0.3 is 0 Å². The minimum absolute atomic E-state index is 0.435. The standard InChI is InChI=1S/C13H16N6OS/c1-20-11-10(12-18-16-8-21-12)17-9(4-15-11)19-3-2-13(7-19)5-14-6-13/h4,8,14H,2-3,5-7H2,1H3. The summed E-state index contributed by atoms with van der Waals surface area (Å²) >= 11 is 1.44. The molecule has 7 nitrogen and oxygen atoms in total. The van der Waals surface area contributed by atoms with Crippen LogP contribution in [0.15, 0.2) is 11.7 Å². The number of nitrogens with one attached hydrogen (secondary N) is 1. The lowest BCUT2D eigenvalue weighted by molar-refractivity contribution is 0.199. The van der Waals surface area contributed by atoms with E-state index in [1.165, 1.54) is 17.8 Å². The highest BCUT2D eigenvalue weighted by atomic mass is 32.1. The Balaban J connectivity index is 1.66. The van der Waals surface area contributed by atoms with E-state index in [2.05, 4.69) is 25.4 Å². The third-order valence-electron chi connectivity index (χ3n) is 4.24. The number of ether oxygens (including phenoxy) is 1. The fourth-order valence-corrected chi connectivity index (χ4v) is 3.52. The number of hydrogen-bond donors (Lipinski definition) is 1. The molecular weight excluding hydrogens is 288 g/mol. The topological polar surface area (TPSA) is 76.1 Å². The molecule has 0 amide bonds. The first-order chi connectivity index (χ1) is 10.3. The highest BCUT2D eigenvalue weighted by molar-refractivity contribution is 7.12. The average Bonchev–Trinajstić information content (AvgIpc) is 3.15. The van der Waals surface area contributed by atoms with Crippen molar-refractivity contribution in [3.63, 3.8) is 0 Å². The number of rotatable bonds is 3. The van der Waals surface area contributed by atoms with E-state index >= 15 is 0 Å². The molecule has 1 N–H and O–H groups in total. The first-order valence-corrected chi connectivity index (χ1v) is 7.81. The lowest BCUT2D eigenvalue weighted by atomic mass is 9.81. The predicted octanol–water partition coefficient (Wildman–Crippen LogP) is 0.803. The Kier molecular flexibility index (Phi) is 3.00. The quantitative estimate of drug-likeness (QED) is 0.899. The molecule has 4 heterocycles. The average molecular weight is 304 g/mol. The van der Waals surface area contributed by atoms with Gasteiger partial charge in [0.25, 0.3) is 0 Å². The fourth-order valence-electron chi connectivity index (χ4n) is 2.98. The van der Waals surface area contributed by atoms with Crippen molar-refractivity contribution in [2.45, 2.75) is 6.42 Å². The van der Waals surface area contributed by atoms with Crippen molar-refractivity contribution in [3.05, 3.63) is 11.7 Å². The molecule has 21 heavy (non-hydrogen) atoms. The minimum Gasteiger partial charge on any atom is -0.479 e. The highest BCUT2D eigenvalue weighted by Crippen LogP contribution is 2.37. The van der Waals surface area contributed by atoms with Gasteiger partial charge in [-0.2, -0.15) is 0 Å². The summed E-state index contributed by atoms with van der Waals surface area (Å²) in [6.07, 6.45) is 3.00. The maximum absolute atomic E-state index is 5.30. The van der Waals surface area contributed by atoms with Crippen LogP contribution in [0.5, 0.6) is 5.88 Å². The van der Waals surface area contributed by atoms with Crippen LogP contribution in [-0.2, 0) is 0 Å². The molecule has 2 aromatic rings. The van der Waals surface area contributed by atoms with Gasteiger partial charge in [0, 0.05) is 31.6 Å². The Labute approximate surface area is 126 Å². The van der Waals surface area contributed by atoms with E-state index < -0.39 is 0 Å². The Morgan fingerprint density at radius 3 is 2.95 bits per heavy atom. The first-order valence-electron chi connectivity index (χ1n) is 6.93. The lowest BCUT2D eigenvalue weighted by Crippen LogP contribution is -2.54. The van der Waals surface area contributed by atoms with E-state index in [0.29, 0.717) is 17.0 Å². The monoisotopic (exact) mass is 304 g/mol. The van der Waals surface area contributed by atoms with Gasteiger partial charge in [0.1, 0.15) is 11.3 Å². The van der Waals surface area contributed by atoms with Crippen LogP contribution in [0, 0.1) is 5.41 Å². The Morgan fingerprint density at radius 1 is 1.43 bits per heavy atom. The summed E-state index contributed by atoms with van der Waals surface area (Å²) in [6, 6.07) is 0. The molecule has 0 bridgehead atoms. The van der Waals surface area contributed by atoms with Gasteiger partial charge in [0.15, 0.2) is 10.7 Å². The lowest BCUT2D eigenvalue weighted by Gasteiger charge is -2.39. The molecule has 0 atom stereocenters. The van der Waals surface area contributed by atoms with Crippen molar-refractivity contribution in [2.24, 2.45) is 5.41 Å². The largest absolute Gasteiger partial charge is 0.479 e. The van der Waals surface area contributed by atoms with Crippen molar-refractivity contribution < 1.29 is 4.74 Å². The molecule has 8 heteroatoms. The number of anilines is 1. The van der Waals surface area contributed by atoms with Gasteiger partial charge in [-0.25, -0.2) is 9.97 Å². The zero-order valence-corrected chi connectivity index (χ0v) is 12.6. The van der Waals surface area contributed by atoms with E-state index in [0.717, 1.165) is 37.0 Å². The summed E-state index contributed by atoms with van der Waals surface area (Å²) in [5.74, 6) is 1.39. The van der Waals surface area contributed by atoms with Crippen LogP contribution in [-0.4, -0.2) is 53.5 Å². The summed E-state index contributed by atoms with van der Waals surface area (Å²) in [4.78, 5) is 11.4. The molecule has 2 aromatic heterocycles. The third-order valence-corrected chi connectivity index (χ3v) is 4.94. The maximum atomic E-state index is 5.30. The SMILES string of the molecule is COc1ncc(N2CCC3(CNC3)C2)nc1-c1nncs1. The number of methoxy groups -OCH3 is 1. The van der Waals surface area contributed by atoms with E-state index in [-0.39, 0.29) is 0 Å². The second kappa shape index (κ2) is 4.88. The van der Waals surface area contributed by atoms with E-state index in [9.17, 15) is 0 Å². The number of aromatic nitrogens is 4. The van der Waals surface area contributed by atoms with Crippen LogP contribution >= 0.6 is 11.3 Å². The molecule has 0 aromatic carbocycles.